The lowest BCUT2D eigenvalue weighted by molar-refractivity contribution is -0.122. The third kappa shape index (κ3) is 2.48. The van der Waals surface area contributed by atoms with Crippen LogP contribution in [0.5, 0.6) is 0 Å². The van der Waals surface area contributed by atoms with Crippen LogP contribution in [0.1, 0.15) is 12.8 Å². The summed E-state index contributed by atoms with van der Waals surface area (Å²) >= 11 is 1.58. The molecule has 2 aromatic rings. The molecule has 3 rings (SSSR count). The molecule has 0 aliphatic carbocycles. The van der Waals surface area contributed by atoms with Crippen LogP contribution in [-0.2, 0) is 11.8 Å². The van der Waals surface area contributed by atoms with Gasteiger partial charge in [0.15, 0.2) is 4.80 Å². The first-order valence-corrected chi connectivity index (χ1v) is 7.41. The summed E-state index contributed by atoms with van der Waals surface area (Å²) < 4.78 is 3.17. The Morgan fingerprint density at radius 3 is 2.84 bits per heavy atom. The molecule has 1 aliphatic heterocycles. The number of hydrogen-bond acceptors (Lipinski definition) is 3. The third-order valence-corrected chi connectivity index (χ3v) is 4.72. The Morgan fingerprint density at radius 1 is 1.37 bits per heavy atom. The van der Waals surface area contributed by atoms with E-state index in [2.05, 4.69) is 22.4 Å². The number of piperidine rings is 1. The molecular weight excluding hydrogens is 258 g/mol. The Hall–Kier alpha value is -1.46. The monoisotopic (exact) mass is 275 g/mol. The van der Waals surface area contributed by atoms with Crippen molar-refractivity contribution in [3.63, 3.8) is 0 Å². The standard InChI is InChI=1S/C14H17N3OS/c1-17-11-4-2-3-5-12(11)19-14(17)16-13(18)10-6-8-15-9-7-10/h2-5,10,15H,6-9H2,1H3. The molecule has 4 nitrogen and oxygen atoms in total. The largest absolute Gasteiger partial charge is 0.319 e. The Morgan fingerprint density at radius 2 is 2.11 bits per heavy atom. The van der Waals surface area contributed by atoms with Crippen molar-refractivity contribution in [3.05, 3.63) is 29.1 Å². The maximum Gasteiger partial charge on any atom is 0.251 e. The summed E-state index contributed by atoms with van der Waals surface area (Å²) in [6.45, 7) is 1.84. The fourth-order valence-corrected chi connectivity index (χ4v) is 3.47. The highest BCUT2D eigenvalue weighted by Gasteiger charge is 2.20. The van der Waals surface area contributed by atoms with Crippen LogP contribution in [0, 0.1) is 5.92 Å². The minimum absolute atomic E-state index is 0.0312. The van der Waals surface area contributed by atoms with Crippen LogP contribution in [0.4, 0.5) is 0 Å². The van der Waals surface area contributed by atoms with Gasteiger partial charge < -0.3 is 9.88 Å². The smallest absolute Gasteiger partial charge is 0.251 e. The van der Waals surface area contributed by atoms with Gasteiger partial charge in [-0.1, -0.05) is 23.5 Å². The SMILES string of the molecule is Cn1c(=NC(=O)C2CCNCC2)sc2ccccc21. The van der Waals surface area contributed by atoms with Gasteiger partial charge >= 0.3 is 0 Å². The lowest BCUT2D eigenvalue weighted by atomic mass is 9.98. The van der Waals surface area contributed by atoms with Crippen LogP contribution in [0.3, 0.4) is 0 Å². The molecule has 0 atom stereocenters. The van der Waals surface area contributed by atoms with E-state index in [-0.39, 0.29) is 11.8 Å². The molecule has 19 heavy (non-hydrogen) atoms. The lowest BCUT2D eigenvalue weighted by Gasteiger charge is -2.18. The number of thiazole rings is 1. The second-order valence-corrected chi connectivity index (χ2v) is 5.89. The zero-order valence-electron chi connectivity index (χ0n) is 10.9. The van der Waals surface area contributed by atoms with Gasteiger partial charge in [-0.15, -0.1) is 0 Å². The normalized spacial score (nSPS) is 18.1. The maximum absolute atomic E-state index is 12.2. The van der Waals surface area contributed by atoms with Crippen molar-refractivity contribution in [3.8, 4) is 0 Å². The first kappa shape index (κ1) is 12.6. The van der Waals surface area contributed by atoms with Crippen LogP contribution in [0.2, 0.25) is 0 Å². The number of nitrogens with one attached hydrogen (secondary N) is 1. The number of aromatic nitrogens is 1. The molecule has 0 spiro atoms. The molecule has 100 valence electrons. The predicted molar refractivity (Wildman–Crippen MR) is 77.0 cm³/mol. The minimum Gasteiger partial charge on any atom is -0.319 e. The summed E-state index contributed by atoms with van der Waals surface area (Å²) in [4.78, 5) is 17.3. The molecule has 1 fully saturated rings. The van der Waals surface area contributed by atoms with E-state index in [0.717, 1.165) is 36.2 Å². The number of nitrogens with zero attached hydrogens (tertiary/aromatic N) is 2. The van der Waals surface area contributed by atoms with E-state index in [0.29, 0.717) is 0 Å². The van der Waals surface area contributed by atoms with E-state index in [4.69, 9.17) is 0 Å². The number of benzene rings is 1. The van der Waals surface area contributed by atoms with E-state index < -0.39 is 0 Å². The zero-order valence-corrected chi connectivity index (χ0v) is 11.7. The summed E-state index contributed by atoms with van der Waals surface area (Å²) in [7, 11) is 1.97. The van der Waals surface area contributed by atoms with Crippen LogP contribution in [0.15, 0.2) is 29.3 Å². The minimum atomic E-state index is 0.0312. The molecule has 5 heteroatoms. The van der Waals surface area contributed by atoms with Gasteiger partial charge in [0.1, 0.15) is 0 Å². The first-order chi connectivity index (χ1) is 9.25. The molecule has 0 bridgehead atoms. The Balaban J connectivity index is 1.96. The fourth-order valence-electron chi connectivity index (χ4n) is 2.44. The average Bonchev–Trinajstić information content (AvgIpc) is 2.77. The second kappa shape index (κ2) is 5.27. The van der Waals surface area contributed by atoms with E-state index >= 15 is 0 Å². The van der Waals surface area contributed by atoms with Crippen molar-refractivity contribution in [2.75, 3.05) is 13.1 Å². The van der Waals surface area contributed by atoms with Crippen molar-refractivity contribution in [1.29, 1.82) is 0 Å². The van der Waals surface area contributed by atoms with Crippen molar-refractivity contribution < 1.29 is 4.79 Å². The molecule has 1 saturated heterocycles. The van der Waals surface area contributed by atoms with Gasteiger partial charge in [-0.25, -0.2) is 0 Å². The molecule has 1 N–H and O–H groups in total. The van der Waals surface area contributed by atoms with Crippen LogP contribution >= 0.6 is 11.3 Å². The van der Waals surface area contributed by atoms with Crippen molar-refractivity contribution in [2.24, 2.45) is 18.0 Å². The van der Waals surface area contributed by atoms with Crippen molar-refractivity contribution >= 4 is 27.5 Å². The van der Waals surface area contributed by atoms with Gasteiger partial charge in [-0.2, -0.15) is 4.99 Å². The number of rotatable bonds is 1. The third-order valence-electron chi connectivity index (χ3n) is 3.61. The molecule has 2 heterocycles. The van der Waals surface area contributed by atoms with Crippen LogP contribution < -0.4 is 10.1 Å². The number of para-hydroxylation sites is 1. The van der Waals surface area contributed by atoms with E-state index in [1.165, 1.54) is 4.70 Å². The van der Waals surface area contributed by atoms with Gasteiger partial charge in [0.2, 0.25) is 0 Å². The molecule has 0 radical (unpaired) electrons. The fraction of sp³-hybridized carbons (Fsp3) is 0.429. The van der Waals surface area contributed by atoms with Gasteiger partial charge in [0.05, 0.1) is 10.2 Å². The number of carbonyl (C=O) groups excluding carboxylic acids is 1. The molecular formula is C14H17N3OS. The molecule has 1 aromatic heterocycles. The van der Waals surface area contributed by atoms with Gasteiger partial charge in [0.25, 0.3) is 5.91 Å². The highest BCUT2D eigenvalue weighted by molar-refractivity contribution is 7.16. The Labute approximate surface area is 115 Å². The highest BCUT2D eigenvalue weighted by atomic mass is 32.1. The van der Waals surface area contributed by atoms with E-state index in [1.807, 2.05) is 23.7 Å². The first-order valence-electron chi connectivity index (χ1n) is 6.59. The van der Waals surface area contributed by atoms with E-state index in [9.17, 15) is 4.79 Å². The maximum atomic E-state index is 12.2. The van der Waals surface area contributed by atoms with Crippen LogP contribution in [-0.4, -0.2) is 23.6 Å². The van der Waals surface area contributed by atoms with Crippen molar-refractivity contribution in [1.82, 2.24) is 9.88 Å². The quantitative estimate of drug-likeness (QED) is 0.860. The number of fused-ring (bicyclic) bond motifs is 1. The van der Waals surface area contributed by atoms with E-state index in [1.54, 1.807) is 11.3 Å². The van der Waals surface area contributed by atoms with Gasteiger partial charge in [-0.3, -0.25) is 4.79 Å². The summed E-state index contributed by atoms with van der Waals surface area (Å²) in [5, 5.41) is 3.27. The number of aryl methyl sites for hydroxylation is 1. The van der Waals surface area contributed by atoms with Crippen molar-refractivity contribution in [2.45, 2.75) is 12.8 Å². The Kier molecular flexibility index (Phi) is 3.48. The van der Waals surface area contributed by atoms with Gasteiger partial charge in [0, 0.05) is 13.0 Å². The molecule has 1 amide bonds. The lowest BCUT2D eigenvalue weighted by Crippen LogP contribution is -2.32. The molecule has 0 saturated carbocycles. The number of hydrogen-bond donors (Lipinski definition) is 1. The zero-order chi connectivity index (χ0) is 13.2. The number of carbonyl (C=O) groups is 1. The number of amides is 1. The summed E-state index contributed by atoms with van der Waals surface area (Å²) in [6, 6.07) is 8.14. The summed E-state index contributed by atoms with van der Waals surface area (Å²) in [5.74, 6) is 0.120. The Bertz CT molecular complexity index is 665. The summed E-state index contributed by atoms with van der Waals surface area (Å²) in [5.41, 5.74) is 1.13. The molecule has 0 unspecified atom stereocenters. The molecule has 1 aliphatic rings. The molecule has 1 aromatic carbocycles. The second-order valence-electron chi connectivity index (χ2n) is 4.89. The topological polar surface area (TPSA) is 46.4 Å². The van der Waals surface area contributed by atoms with Crippen LogP contribution in [0.25, 0.3) is 10.2 Å². The van der Waals surface area contributed by atoms with Gasteiger partial charge in [-0.05, 0) is 38.1 Å². The predicted octanol–water partition coefficient (Wildman–Crippen LogP) is 1.67. The summed E-state index contributed by atoms with van der Waals surface area (Å²) in [6.07, 6.45) is 1.80. The average molecular weight is 275 g/mol. The highest BCUT2D eigenvalue weighted by Crippen LogP contribution is 2.16.